The molecule has 1 aromatic heterocycles. The molecule has 1 aliphatic heterocycles. The molecule has 3 heteroatoms. The van der Waals surface area contributed by atoms with Gasteiger partial charge in [-0.25, -0.2) is 4.98 Å². The minimum Gasteiger partial charge on any atom is -0.349 e. The molecule has 110 valence electrons. The fraction of sp³-hybridized carbons (Fsp3) is 0.500. The summed E-state index contributed by atoms with van der Waals surface area (Å²) < 4.78 is 0. The van der Waals surface area contributed by atoms with Crippen molar-refractivity contribution in [3.05, 3.63) is 46.4 Å². The number of nitrogens with zero attached hydrogens (tertiary/aromatic N) is 2. The maximum Gasteiger partial charge on any atom is 0.121 e. The number of rotatable bonds is 2. The van der Waals surface area contributed by atoms with Crippen molar-refractivity contribution in [1.29, 1.82) is 0 Å². The quantitative estimate of drug-likeness (QED) is 0.734. The lowest BCUT2D eigenvalue weighted by Crippen LogP contribution is -2.25. The number of anilines is 1. The second-order valence-electron chi connectivity index (χ2n) is 6.63. The topological polar surface area (TPSA) is 15.9 Å². The minimum absolute atomic E-state index is 0.0910. The first kappa shape index (κ1) is 13.3. The van der Waals surface area contributed by atoms with E-state index in [1.165, 1.54) is 42.8 Å². The monoisotopic (exact) mass is 298 g/mol. The summed E-state index contributed by atoms with van der Waals surface area (Å²) >= 11 is 1.83. The number of benzene rings is 1. The Labute approximate surface area is 130 Å². The molecule has 0 radical (unpaired) electrons. The molecule has 1 saturated heterocycles. The second-order valence-corrected chi connectivity index (χ2v) is 7.49. The summed E-state index contributed by atoms with van der Waals surface area (Å²) in [6.07, 6.45) is 6.69. The fourth-order valence-electron chi connectivity index (χ4n) is 4.39. The van der Waals surface area contributed by atoms with E-state index in [9.17, 15) is 0 Å². The van der Waals surface area contributed by atoms with Crippen LogP contribution in [0.15, 0.2) is 35.7 Å². The Morgan fingerprint density at radius 1 is 1.10 bits per heavy atom. The van der Waals surface area contributed by atoms with E-state index in [1.807, 2.05) is 11.3 Å². The van der Waals surface area contributed by atoms with Gasteiger partial charge in [0.1, 0.15) is 10.5 Å². The van der Waals surface area contributed by atoms with Crippen molar-refractivity contribution >= 4 is 17.0 Å². The number of thiazole rings is 1. The van der Waals surface area contributed by atoms with E-state index >= 15 is 0 Å². The van der Waals surface area contributed by atoms with E-state index in [0.717, 1.165) is 5.69 Å². The van der Waals surface area contributed by atoms with Gasteiger partial charge in [-0.15, -0.1) is 11.3 Å². The van der Waals surface area contributed by atoms with Crippen LogP contribution in [0, 0.1) is 6.92 Å². The highest BCUT2D eigenvalue weighted by Gasteiger charge is 2.73. The third kappa shape index (κ3) is 1.73. The molecule has 0 amide bonds. The Hall–Kier alpha value is -1.35. The van der Waals surface area contributed by atoms with E-state index < -0.39 is 0 Å². The highest BCUT2D eigenvalue weighted by Crippen LogP contribution is 2.66. The first-order valence-corrected chi connectivity index (χ1v) is 8.84. The summed E-state index contributed by atoms with van der Waals surface area (Å²) in [7, 11) is 0. The summed E-state index contributed by atoms with van der Waals surface area (Å²) in [6.45, 7) is 4.51. The van der Waals surface area contributed by atoms with Crippen LogP contribution in [0.4, 0.5) is 5.69 Å². The van der Waals surface area contributed by atoms with Gasteiger partial charge >= 0.3 is 0 Å². The summed E-state index contributed by atoms with van der Waals surface area (Å²) in [5.74, 6) is 0. The zero-order chi connectivity index (χ0) is 14.5. The molecule has 2 aromatic rings. The SMILES string of the molecule is Cc1csc(C2(C)N(c3ccccc3)C23CCCCC3)n1. The Morgan fingerprint density at radius 2 is 1.81 bits per heavy atom. The van der Waals surface area contributed by atoms with E-state index in [2.05, 4.69) is 54.5 Å². The molecule has 0 N–H and O–H groups in total. The van der Waals surface area contributed by atoms with E-state index in [1.54, 1.807) is 0 Å². The molecule has 21 heavy (non-hydrogen) atoms. The third-order valence-electron chi connectivity index (χ3n) is 5.46. The molecule has 2 fully saturated rings. The highest BCUT2D eigenvalue weighted by molar-refractivity contribution is 7.10. The number of hydrogen-bond donors (Lipinski definition) is 0. The maximum absolute atomic E-state index is 4.85. The molecule has 0 bridgehead atoms. The van der Waals surface area contributed by atoms with Gasteiger partial charge in [0.15, 0.2) is 0 Å². The minimum atomic E-state index is 0.0910. The number of aryl methyl sites for hydroxylation is 1. The van der Waals surface area contributed by atoms with Crippen molar-refractivity contribution in [1.82, 2.24) is 4.98 Å². The maximum atomic E-state index is 4.85. The Bertz CT molecular complexity index is 642. The van der Waals surface area contributed by atoms with Gasteiger partial charge in [-0.2, -0.15) is 0 Å². The average molecular weight is 298 g/mol. The number of hydrogen-bond acceptors (Lipinski definition) is 3. The van der Waals surface area contributed by atoms with Crippen molar-refractivity contribution in [2.45, 2.75) is 57.0 Å². The highest BCUT2D eigenvalue weighted by atomic mass is 32.1. The van der Waals surface area contributed by atoms with Crippen LogP contribution in [0.2, 0.25) is 0 Å². The van der Waals surface area contributed by atoms with Crippen LogP contribution in [-0.4, -0.2) is 10.5 Å². The number of para-hydroxylation sites is 1. The molecular formula is C18H22N2S. The number of aromatic nitrogens is 1. The smallest absolute Gasteiger partial charge is 0.121 e. The largest absolute Gasteiger partial charge is 0.349 e. The molecule has 4 rings (SSSR count). The van der Waals surface area contributed by atoms with Crippen LogP contribution in [-0.2, 0) is 5.54 Å². The van der Waals surface area contributed by atoms with Crippen molar-refractivity contribution in [3.8, 4) is 0 Å². The molecule has 2 heterocycles. The van der Waals surface area contributed by atoms with Gasteiger partial charge in [-0.3, -0.25) is 0 Å². The first-order valence-electron chi connectivity index (χ1n) is 7.96. The van der Waals surface area contributed by atoms with Crippen LogP contribution >= 0.6 is 11.3 Å². The van der Waals surface area contributed by atoms with Crippen LogP contribution in [0.25, 0.3) is 0 Å². The van der Waals surface area contributed by atoms with Gasteiger partial charge in [-0.1, -0.05) is 37.5 Å². The summed E-state index contributed by atoms with van der Waals surface area (Å²) in [4.78, 5) is 7.50. The van der Waals surface area contributed by atoms with Gasteiger partial charge in [0, 0.05) is 16.8 Å². The van der Waals surface area contributed by atoms with Gasteiger partial charge in [0.25, 0.3) is 0 Å². The fourth-order valence-corrected chi connectivity index (χ4v) is 5.43. The Morgan fingerprint density at radius 3 is 2.43 bits per heavy atom. The van der Waals surface area contributed by atoms with Crippen molar-refractivity contribution in [2.75, 3.05) is 4.90 Å². The zero-order valence-corrected chi connectivity index (χ0v) is 13.6. The van der Waals surface area contributed by atoms with Gasteiger partial charge in [0.2, 0.25) is 0 Å². The van der Waals surface area contributed by atoms with Crippen LogP contribution in [0.1, 0.15) is 49.7 Å². The molecule has 1 saturated carbocycles. The lowest BCUT2D eigenvalue weighted by atomic mass is 9.81. The predicted octanol–water partition coefficient (Wildman–Crippen LogP) is 4.89. The summed E-state index contributed by atoms with van der Waals surface area (Å²) in [6, 6.07) is 10.9. The normalized spacial score (nSPS) is 27.0. The molecule has 1 atom stereocenters. The molecule has 1 spiro atoms. The first-order chi connectivity index (χ1) is 10.2. The van der Waals surface area contributed by atoms with Gasteiger partial charge in [0.05, 0.1) is 5.54 Å². The molecule has 1 aliphatic carbocycles. The average Bonchev–Trinajstić information content (AvgIpc) is 2.83. The van der Waals surface area contributed by atoms with Gasteiger partial charge < -0.3 is 4.90 Å². The molecule has 1 aromatic carbocycles. The third-order valence-corrected chi connectivity index (χ3v) is 6.63. The van der Waals surface area contributed by atoms with Crippen molar-refractivity contribution < 1.29 is 0 Å². The lowest BCUT2D eigenvalue weighted by Gasteiger charge is -2.23. The van der Waals surface area contributed by atoms with Crippen molar-refractivity contribution in [3.63, 3.8) is 0 Å². The lowest BCUT2D eigenvalue weighted by molar-refractivity contribution is 0.379. The molecular weight excluding hydrogens is 276 g/mol. The Kier molecular flexibility index (Phi) is 2.90. The second kappa shape index (κ2) is 4.57. The van der Waals surface area contributed by atoms with Crippen LogP contribution in [0.3, 0.4) is 0 Å². The van der Waals surface area contributed by atoms with Crippen molar-refractivity contribution in [2.24, 2.45) is 0 Å². The molecule has 2 nitrogen and oxygen atoms in total. The summed E-state index contributed by atoms with van der Waals surface area (Å²) in [5.41, 5.74) is 2.90. The Balaban J connectivity index is 1.80. The van der Waals surface area contributed by atoms with Crippen LogP contribution in [0.5, 0.6) is 0 Å². The summed E-state index contributed by atoms with van der Waals surface area (Å²) in [5, 5.41) is 3.49. The van der Waals surface area contributed by atoms with E-state index in [4.69, 9.17) is 4.98 Å². The molecule has 2 aliphatic rings. The van der Waals surface area contributed by atoms with Crippen LogP contribution < -0.4 is 4.90 Å². The standard InChI is InChI=1S/C18H22N2S/c1-14-13-21-16(19-14)17(2)18(11-7-4-8-12-18)20(17)15-9-5-3-6-10-15/h3,5-6,9-10,13H,4,7-8,11-12H2,1-2H3. The van der Waals surface area contributed by atoms with E-state index in [-0.39, 0.29) is 5.54 Å². The van der Waals surface area contributed by atoms with E-state index in [0.29, 0.717) is 5.54 Å². The predicted molar refractivity (Wildman–Crippen MR) is 88.9 cm³/mol. The zero-order valence-electron chi connectivity index (χ0n) is 12.8. The van der Waals surface area contributed by atoms with Gasteiger partial charge in [-0.05, 0) is 38.8 Å². The molecule has 1 unspecified atom stereocenters.